The summed E-state index contributed by atoms with van der Waals surface area (Å²) in [5.41, 5.74) is 3.05. The summed E-state index contributed by atoms with van der Waals surface area (Å²) in [5.74, 6) is 1.45. The molecule has 1 amide bonds. The molecule has 3 aromatic rings. The smallest absolute Gasteiger partial charge is 0.227 e. The van der Waals surface area contributed by atoms with E-state index in [9.17, 15) is 4.79 Å². The van der Waals surface area contributed by atoms with Gasteiger partial charge in [0, 0.05) is 12.1 Å². The zero-order chi connectivity index (χ0) is 19.8. The Hall–Kier alpha value is -3.27. The molecule has 3 aromatic carbocycles. The number of nitrogens with zero attached hydrogens (tertiary/aromatic N) is 1. The molecule has 0 aromatic heterocycles. The van der Waals surface area contributed by atoms with Crippen LogP contribution in [0.15, 0.2) is 78.9 Å². The third kappa shape index (κ3) is 4.92. The first-order valence-electron chi connectivity index (χ1n) is 9.31. The van der Waals surface area contributed by atoms with Gasteiger partial charge in [-0.3, -0.25) is 4.79 Å². The van der Waals surface area contributed by atoms with Crippen LogP contribution < -0.4 is 14.4 Å². The number of anilines is 1. The van der Waals surface area contributed by atoms with Gasteiger partial charge in [-0.2, -0.15) is 0 Å². The minimum Gasteiger partial charge on any atom is -0.493 e. The molecule has 0 aliphatic rings. The minimum absolute atomic E-state index is 0.0878. The van der Waals surface area contributed by atoms with Gasteiger partial charge in [0.05, 0.1) is 20.8 Å². The number of amides is 1. The second-order valence-electron chi connectivity index (χ2n) is 6.49. The summed E-state index contributed by atoms with van der Waals surface area (Å²) in [6.07, 6.45) is 1.05. The first-order chi connectivity index (χ1) is 13.7. The largest absolute Gasteiger partial charge is 0.493 e. The molecule has 0 heterocycles. The van der Waals surface area contributed by atoms with Gasteiger partial charge < -0.3 is 14.4 Å². The highest BCUT2D eigenvalue weighted by atomic mass is 16.5. The average molecular weight is 375 g/mol. The Bertz CT molecular complexity index is 894. The van der Waals surface area contributed by atoms with E-state index in [0.717, 1.165) is 16.8 Å². The molecule has 0 spiro atoms. The Labute approximate surface area is 166 Å². The van der Waals surface area contributed by atoms with Gasteiger partial charge in [-0.05, 0) is 41.8 Å². The van der Waals surface area contributed by atoms with Crippen LogP contribution in [0.25, 0.3) is 0 Å². The van der Waals surface area contributed by atoms with Crippen molar-refractivity contribution in [2.75, 3.05) is 19.1 Å². The van der Waals surface area contributed by atoms with E-state index in [2.05, 4.69) is 0 Å². The van der Waals surface area contributed by atoms with Crippen LogP contribution >= 0.6 is 0 Å². The summed E-state index contributed by atoms with van der Waals surface area (Å²) < 4.78 is 10.6. The van der Waals surface area contributed by atoms with Gasteiger partial charge in [0.15, 0.2) is 11.5 Å². The normalized spacial score (nSPS) is 10.4. The number of hydrogen-bond acceptors (Lipinski definition) is 3. The lowest BCUT2D eigenvalue weighted by atomic mass is 10.1. The molecule has 0 atom stereocenters. The van der Waals surface area contributed by atoms with E-state index < -0.39 is 0 Å². The molecule has 0 bridgehead atoms. The lowest BCUT2D eigenvalue weighted by molar-refractivity contribution is -0.118. The van der Waals surface area contributed by atoms with Crippen LogP contribution in [0.1, 0.15) is 17.5 Å². The molecule has 4 heteroatoms. The molecule has 0 saturated heterocycles. The lowest BCUT2D eigenvalue weighted by Crippen LogP contribution is -2.30. The zero-order valence-electron chi connectivity index (χ0n) is 16.3. The predicted molar refractivity (Wildman–Crippen MR) is 112 cm³/mol. The van der Waals surface area contributed by atoms with E-state index in [1.165, 1.54) is 0 Å². The second-order valence-corrected chi connectivity index (χ2v) is 6.49. The SMILES string of the molecule is COc1ccc(CCC(=O)N(Cc2ccccc2)c2ccccc2)cc1OC. The van der Waals surface area contributed by atoms with Crippen LogP contribution in [0.4, 0.5) is 5.69 Å². The molecule has 0 radical (unpaired) electrons. The van der Waals surface area contributed by atoms with Gasteiger partial charge in [-0.15, -0.1) is 0 Å². The van der Waals surface area contributed by atoms with E-state index >= 15 is 0 Å². The Kier molecular flexibility index (Phi) is 6.68. The second kappa shape index (κ2) is 9.60. The van der Waals surface area contributed by atoms with Crippen LogP contribution in [0.5, 0.6) is 11.5 Å². The monoisotopic (exact) mass is 375 g/mol. The van der Waals surface area contributed by atoms with Crippen molar-refractivity contribution in [2.24, 2.45) is 0 Å². The van der Waals surface area contributed by atoms with Crippen molar-refractivity contribution in [1.82, 2.24) is 0 Å². The maximum absolute atomic E-state index is 13.1. The van der Waals surface area contributed by atoms with Crippen molar-refractivity contribution in [2.45, 2.75) is 19.4 Å². The standard InChI is InChI=1S/C24H25NO3/c1-27-22-15-13-19(17-23(22)28-2)14-16-24(26)25(21-11-7-4-8-12-21)18-20-9-5-3-6-10-20/h3-13,15,17H,14,16,18H2,1-2H3. The van der Waals surface area contributed by atoms with Crippen LogP contribution in [-0.2, 0) is 17.8 Å². The van der Waals surface area contributed by atoms with E-state index in [1.807, 2.05) is 83.8 Å². The van der Waals surface area contributed by atoms with E-state index in [1.54, 1.807) is 14.2 Å². The van der Waals surface area contributed by atoms with E-state index in [0.29, 0.717) is 30.9 Å². The van der Waals surface area contributed by atoms with Gasteiger partial charge in [0.25, 0.3) is 0 Å². The van der Waals surface area contributed by atoms with Crippen molar-refractivity contribution in [3.8, 4) is 11.5 Å². The number of hydrogen-bond donors (Lipinski definition) is 0. The molecular weight excluding hydrogens is 350 g/mol. The molecule has 0 aliphatic heterocycles. The molecule has 0 unspecified atom stereocenters. The molecule has 0 saturated carbocycles. The van der Waals surface area contributed by atoms with Crippen LogP contribution in [-0.4, -0.2) is 20.1 Å². The Balaban J connectivity index is 1.74. The highest BCUT2D eigenvalue weighted by Crippen LogP contribution is 2.28. The number of benzene rings is 3. The number of methoxy groups -OCH3 is 2. The molecule has 0 aliphatic carbocycles. The summed E-state index contributed by atoms with van der Waals surface area (Å²) in [7, 11) is 3.23. The van der Waals surface area contributed by atoms with Gasteiger partial charge in [0.2, 0.25) is 5.91 Å². The van der Waals surface area contributed by atoms with Gasteiger partial charge in [-0.1, -0.05) is 54.6 Å². The minimum atomic E-state index is 0.0878. The summed E-state index contributed by atoms with van der Waals surface area (Å²) in [6, 6.07) is 25.6. The van der Waals surface area contributed by atoms with Crippen LogP contribution in [0.2, 0.25) is 0 Å². The molecule has 4 nitrogen and oxygen atoms in total. The van der Waals surface area contributed by atoms with Crippen molar-refractivity contribution >= 4 is 11.6 Å². The fourth-order valence-corrected chi connectivity index (χ4v) is 3.12. The highest BCUT2D eigenvalue weighted by Gasteiger charge is 2.16. The topological polar surface area (TPSA) is 38.8 Å². The number of aryl methyl sites for hydroxylation is 1. The number of ether oxygens (including phenoxy) is 2. The molecule has 144 valence electrons. The van der Waals surface area contributed by atoms with Gasteiger partial charge in [-0.25, -0.2) is 0 Å². The van der Waals surface area contributed by atoms with Gasteiger partial charge in [0.1, 0.15) is 0 Å². The van der Waals surface area contributed by atoms with Crippen molar-refractivity contribution < 1.29 is 14.3 Å². The first-order valence-corrected chi connectivity index (χ1v) is 9.31. The summed E-state index contributed by atoms with van der Waals surface area (Å²) in [5, 5.41) is 0. The quantitative estimate of drug-likeness (QED) is 0.564. The van der Waals surface area contributed by atoms with Gasteiger partial charge >= 0.3 is 0 Å². The third-order valence-electron chi connectivity index (χ3n) is 4.63. The number of rotatable bonds is 8. The summed E-state index contributed by atoms with van der Waals surface area (Å²) in [6.45, 7) is 0.551. The number of carbonyl (C=O) groups excluding carboxylic acids is 1. The van der Waals surface area contributed by atoms with Crippen molar-refractivity contribution in [1.29, 1.82) is 0 Å². The maximum Gasteiger partial charge on any atom is 0.227 e. The van der Waals surface area contributed by atoms with Crippen LogP contribution in [0, 0.1) is 0 Å². The third-order valence-corrected chi connectivity index (χ3v) is 4.63. The highest BCUT2D eigenvalue weighted by molar-refractivity contribution is 5.93. The van der Waals surface area contributed by atoms with Crippen LogP contribution in [0.3, 0.4) is 0 Å². The fourth-order valence-electron chi connectivity index (χ4n) is 3.12. The lowest BCUT2D eigenvalue weighted by Gasteiger charge is -2.23. The number of carbonyl (C=O) groups is 1. The fraction of sp³-hybridized carbons (Fsp3) is 0.208. The number of para-hydroxylation sites is 1. The summed E-state index contributed by atoms with van der Waals surface area (Å²) in [4.78, 5) is 14.9. The predicted octanol–water partition coefficient (Wildman–Crippen LogP) is 4.87. The molecule has 0 fully saturated rings. The van der Waals surface area contributed by atoms with E-state index in [4.69, 9.17) is 9.47 Å². The maximum atomic E-state index is 13.1. The Morgan fingerprint density at radius 2 is 1.43 bits per heavy atom. The first kappa shape index (κ1) is 19.5. The Morgan fingerprint density at radius 3 is 2.07 bits per heavy atom. The molecule has 28 heavy (non-hydrogen) atoms. The molecular formula is C24H25NO3. The molecule has 3 rings (SSSR count). The Morgan fingerprint density at radius 1 is 0.786 bits per heavy atom. The van der Waals surface area contributed by atoms with E-state index in [-0.39, 0.29) is 5.91 Å². The van der Waals surface area contributed by atoms with Crippen molar-refractivity contribution in [3.05, 3.63) is 90.0 Å². The summed E-state index contributed by atoms with van der Waals surface area (Å²) >= 11 is 0. The zero-order valence-corrected chi connectivity index (χ0v) is 16.3. The van der Waals surface area contributed by atoms with Crippen molar-refractivity contribution in [3.63, 3.8) is 0 Å². The average Bonchev–Trinajstić information content (AvgIpc) is 2.76. The molecule has 0 N–H and O–H groups in total.